The summed E-state index contributed by atoms with van der Waals surface area (Å²) in [7, 11) is 3.21. The quantitative estimate of drug-likeness (QED) is 0.350. The van der Waals surface area contributed by atoms with Gasteiger partial charge >= 0.3 is 0 Å². The topological polar surface area (TPSA) is 110 Å². The second-order valence-corrected chi connectivity index (χ2v) is 10.5. The molecule has 1 aromatic heterocycles. The van der Waals surface area contributed by atoms with Crippen molar-refractivity contribution in [2.24, 2.45) is 0 Å². The van der Waals surface area contributed by atoms with Crippen LogP contribution in [0.1, 0.15) is 48.1 Å². The third-order valence-electron chi connectivity index (χ3n) is 6.38. The largest absolute Gasteiger partial charge is 0.491 e. The highest BCUT2D eigenvalue weighted by Gasteiger charge is 2.22. The van der Waals surface area contributed by atoms with Gasteiger partial charge in [0.05, 0.1) is 19.3 Å². The molecule has 0 spiro atoms. The number of methoxy groups -OCH3 is 1. The van der Waals surface area contributed by atoms with E-state index in [0.29, 0.717) is 46.7 Å². The number of aryl methyl sites for hydroxylation is 1. The van der Waals surface area contributed by atoms with Gasteiger partial charge in [0.2, 0.25) is 5.88 Å². The van der Waals surface area contributed by atoms with Crippen molar-refractivity contribution in [3.8, 4) is 23.1 Å². The van der Waals surface area contributed by atoms with E-state index in [4.69, 9.17) is 14.3 Å². The summed E-state index contributed by atoms with van der Waals surface area (Å²) < 4.78 is 11.7. The summed E-state index contributed by atoms with van der Waals surface area (Å²) >= 11 is 0. The molecule has 1 aliphatic rings. The van der Waals surface area contributed by atoms with Crippen LogP contribution in [0.5, 0.6) is 23.1 Å². The zero-order valence-electron chi connectivity index (χ0n) is 23.6. The Labute approximate surface area is 230 Å². The second-order valence-electron chi connectivity index (χ2n) is 10.5. The van der Waals surface area contributed by atoms with Gasteiger partial charge in [0.1, 0.15) is 11.6 Å². The van der Waals surface area contributed by atoms with Gasteiger partial charge in [0.25, 0.3) is 5.91 Å². The Morgan fingerprint density at radius 2 is 1.90 bits per heavy atom. The van der Waals surface area contributed by atoms with Gasteiger partial charge in [-0.25, -0.2) is 4.98 Å². The lowest BCUT2D eigenvalue weighted by Gasteiger charge is -2.26. The van der Waals surface area contributed by atoms with Gasteiger partial charge in [-0.05, 0) is 53.8 Å². The molecule has 1 fully saturated rings. The van der Waals surface area contributed by atoms with Crippen molar-refractivity contribution in [3.63, 3.8) is 0 Å². The van der Waals surface area contributed by atoms with E-state index in [1.165, 1.54) is 0 Å². The fourth-order valence-electron chi connectivity index (χ4n) is 4.36. The van der Waals surface area contributed by atoms with E-state index in [1.54, 1.807) is 32.5 Å². The molecule has 3 N–H and O–H groups in total. The Hall–Kier alpha value is -3.73. The summed E-state index contributed by atoms with van der Waals surface area (Å²) in [5.74, 6) is 2.25. The molecule has 10 heteroatoms. The molecule has 10 nitrogen and oxygen atoms in total. The highest BCUT2D eigenvalue weighted by molar-refractivity contribution is 6.05. The fraction of sp³-hybridized carbons (Fsp3) is 0.414. The number of anilines is 1. The van der Waals surface area contributed by atoms with E-state index in [-0.39, 0.29) is 11.3 Å². The van der Waals surface area contributed by atoms with Crippen molar-refractivity contribution >= 4 is 11.6 Å². The number of benzene rings is 2. The minimum atomic E-state index is -0.301. The summed E-state index contributed by atoms with van der Waals surface area (Å²) in [5.41, 5.74) is 5.33. The maximum absolute atomic E-state index is 13.4. The third-order valence-corrected chi connectivity index (χ3v) is 6.38. The number of hydrogen-bond donors (Lipinski definition) is 3. The average Bonchev–Trinajstić information content (AvgIpc) is 2.88. The van der Waals surface area contributed by atoms with E-state index in [2.05, 4.69) is 51.8 Å². The lowest BCUT2D eigenvalue weighted by atomic mass is 9.86. The smallest absolute Gasteiger partial charge is 0.255 e. The summed E-state index contributed by atoms with van der Waals surface area (Å²) in [6.07, 6.45) is 1.70. The van der Waals surface area contributed by atoms with Gasteiger partial charge in [-0.2, -0.15) is 10.5 Å². The zero-order valence-corrected chi connectivity index (χ0v) is 23.6. The number of aromatic nitrogens is 2. The Morgan fingerprint density at radius 3 is 2.59 bits per heavy atom. The van der Waals surface area contributed by atoms with Crippen LogP contribution in [0.4, 0.5) is 5.69 Å². The molecule has 1 aliphatic heterocycles. The van der Waals surface area contributed by atoms with Gasteiger partial charge in [0, 0.05) is 51.1 Å². The van der Waals surface area contributed by atoms with E-state index in [9.17, 15) is 4.79 Å². The highest BCUT2D eigenvalue weighted by Crippen LogP contribution is 2.40. The normalized spacial score (nSPS) is 14.1. The number of rotatable bonds is 9. The highest BCUT2D eigenvalue weighted by atomic mass is 16.7. The number of amides is 1. The molecular weight excluding hydrogens is 496 g/mol. The first-order chi connectivity index (χ1) is 18.7. The van der Waals surface area contributed by atoms with Crippen molar-refractivity contribution in [3.05, 3.63) is 65.1 Å². The number of hydrogen-bond acceptors (Lipinski definition) is 9. The van der Waals surface area contributed by atoms with E-state index in [1.807, 2.05) is 31.2 Å². The summed E-state index contributed by atoms with van der Waals surface area (Å²) in [6, 6.07) is 10.9. The zero-order chi connectivity index (χ0) is 28.0. The average molecular weight is 535 g/mol. The van der Waals surface area contributed by atoms with Crippen molar-refractivity contribution in [1.82, 2.24) is 25.7 Å². The number of nitrogens with one attached hydrogen (secondary N) is 3. The first kappa shape index (κ1) is 28.3. The first-order valence-electron chi connectivity index (χ1n) is 13.1. The number of piperazine rings is 1. The predicted molar refractivity (Wildman–Crippen MR) is 151 cm³/mol. The van der Waals surface area contributed by atoms with Crippen molar-refractivity contribution in [2.45, 2.75) is 39.7 Å². The van der Waals surface area contributed by atoms with E-state index >= 15 is 0 Å². The van der Waals surface area contributed by atoms with Crippen LogP contribution in [0.2, 0.25) is 0 Å². The Bertz CT molecular complexity index is 1300. The van der Waals surface area contributed by atoms with Crippen molar-refractivity contribution in [1.29, 1.82) is 0 Å². The van der Waals surface area contributed by atoms with Crippen LogP contribution in [0, 0.1) is 6.92 Å². The first-order valence-corrected chi connectivity index (χ1v) is 13.1. The lowest BCUT2D eigenvalue weighted by molar-refractivity contribution is 0.102. The molecule has 0 atom stereocenters. The minimum Gasteiger partial charge on any atom is -0.491 e. The van der Waals surface area contributed by atoms with Crippen LogP contribution in [-0.4, -0.2) is 61.1 Å². The fourth-order valence-corrected chi connectivity index (χ4v) is 4.36. The minimum absolute atomic E-state index is 0.177. The molecule has 0 saturated carbocycles. The molecule has 208 valence electrons. The lowest BCUT2D eigenvalue weighted by Crippen LogP contribution is -2.43. The van der Waals surface area contributed by atoms with E-state index < -0.39 is 0 Å². The predicted octanol–water partition coefficient (Wildman–Crippen LogP) is 4.05. The van der Waals surface area contributed by atoms with Crippen LogP contribution >= 0.6 is 0 Å². The van der Waals surface area contributed by atoms with Crippen LogP contribution in [0.3, 0.4) is 0 Å². The molecule has 4 rings (SSSR count). The van der Waals surface area contributed by atoms with Gasteiger partial charge in [-0.3, -0.25) is 9.69 Å². The molecule has 2 aromatic carbocycles. The summed E-state index contributed by atoms with van der Waals surface area (Å²) in [6.45, 7) is 12.7. The molecule has 0 unspecified atom stereocenters. The Balaban J connectivity index is 1.55. The number of ether oxygens (including phenoxy) is 2. The molecule has 0 aliphatic carbocycles. The van der Waals surface area contributed by atoms with Crippen LogP contribution in [0.25, 0.3) is 0 Å². The Kier molecular flexibility index (Phi) is 9.01. The third kappa shape index (κ3) is 7.44. The molecule has 0 bridgehead atoms. The number of carbonyl (C=O) groups excluding carboxylic acids is 1. The molecule has 1 amide bonds. The van der Waals surface area contributed by atoms with Crippen LogP contribution in [0.15, 0.2) is 42.6 Å². The SMILES string of the molecule is CNOc1cc(C(C)(C)C)cc(NC(=O)c2cc(C)cc(Oc3ccnc(CN4CCNCC4)n3)c2)c1OC. The second kappa shape index (κ2) is 12.4. The molecular formula is C29H38N6O4. The number of nitrogens with zero attached hydrogens (tertiary/aromatic N) is 3. The van der Waals surface area contributed by atoms with Gasteiger partial charge in [-0.15, -0.1) is 0 Å². The maximum atomic E-state index is 13.4. The summed E-state index contributed by atoms with van der Waals surface area (Å²) in [4.78, 5) is 30.3. The van der Waals surface area contributed by atoms with Gasteiger partial charge in [0.15, 0.2) is 11.5 Å². The van der Waals surface area contributed by atoms with Crippen LogP contribution < -0.4 is 30.4 Å². The van der Waals surface area contributed by atoms with Crippen molar-refractivity contribution < 1.29 is 19.1 Å². The van der Waals surface area contributed by atoms with Crippen LogP contribution in [-0.2, 0) is 12.0 Å². The molecule has 0 radical (unpaired) electrons. The summed E-state index contributed by atoms with van der Waals surface area (Å²) in [5, 5.41) is 6.35. The molecule has 2 heterocycles. The monoisotopic (exact) mass is 534 g/mol. The standard InChI is InChI=1S/C29H38N6O4/c1-19-13-20(28(36)33-23-16-21(29(2,3)4)17-24(39-30-5)27(23)37-6)15-22(14-19)38-26-7-8-32-25(34-26)18-35-11-9-31-10-12-35/h7-8,13-17,30-31H,9-12,18H2,1-6H3,(H,33,36). The molecule has 1 saturated heterocycles. The van der Waals surface area contributed by atoms with Gasteiger partial charge < -0.3 is 24.9 Å². The number of carbonyl (C=O) groups is 1. The van der Waals surface area contributed by atoms with E-state index in [0.717, 1.165) is 37.3 Å². The molecule has 3 aromatic rings. The van der Waals surface area contributed by atoms with Crippen molar-refractivity contribution in [2.75, 3.05) is 45.7 Å². The Morgan fingerprint density at radius 1 is 1.13 bits per heavy atom. The van der Waals surface area contributed by atoms with Gasteiger partial charge in [-0.1, -0.05) is 20.8 Å². The number of hydroxylamine groups is 1. The maximum Gasteiger partial charge on any atom is 0.255 e. The molecule has 39 heavy (non-hydrogen) atoms.